The zero-order valence-corrected chi connectivity index (χ0v) is 37.6. The largest absolute Gasteiger partial charge is 0.460 e. The third-order valence-electron chi connectivity index (χ3n) is 8.88. The van der Waals surface area contributed by atoms with Crippen LogP contribution in [0.25, 0.3) is 0 Å². The Hall–Kier alpha value is -4.99. The molecule has 0 radical (unpaired) electrons. The minimum absolute atomic E-state index is 0.0111. The summed E-state index contributed by atoms with van der Waals surface area (Å²) in [5, 5.41) is 11.7. The molecule has 15 nitrogen and oxygen atoms in total. The SMILES string of the molecule is CCS(=O)(=O)C=CC(CC(=O)OC(C)(C)C)NC(=O)C(CC(C)C)NC(=O)C(NC(=O)C(NC(=O)OCC1=CC=CCC1)C(C)CC(=O)OC(C)(C)C)C1C=CC=CC=C1. The second-order valence-electron chi connectivity index (χ2n) is 17.4. The van der Waals surface area contributed by atoms with Gasteiger partial charge in [0.25, 0.3) is 0 Å². The van der Waals surface area contributed by atoms with Crippen molar-refractivity contribution in [2.45, 2.75) is 137 Å². The summed E-state index contributed by atoms with van der Waals surface area (Å²) >= 11 is 0. The average Bonchev–Trinajstić information content (AvgIpc) is 3.42. The molecule has 0 aliphatic heterocycles. The number of esters is 2. The molecule has 4 N–H and O–H groups in total. The molecule has 4 amide bonds. The highest BCUT2D eigenvalue weighted by molar-refractivity contribution is 7.94. The molecule has 5 atom stereocenters. The van der Waals surface area contributed by atoms with Crippen LogP contribution in [0.2, 0.25) is 0 Å². The molecular weight excluding hydrogens is 793 g/mol. The first-order valence-electron chi connectivity index (χ1n) is 20.4. The molecule has 2 aliphatic rings. The molecule has 0 saturated heterocycles. The maximum absolute atomic E-state index is 14.4. The predicted molar refractivity (Wildman–Crippen MR) is 230 cm³/mol. The van der Waals surface area contributed by atoms with Gasteiger partial charge in [-0.1, -0.05) is 88.5 Å². The fourth-order valence-electron chi connectivity index (χ4n) is 6.00. The Balaban J connectivity index is 2.47. The van der Waals surface area contributed by atoms with Crippen LogP contribution in [0.15, 0.2) is 71.7 Å². The van der Waals surface area contributed by atoms with Crippen molar-refractivity contribution in [3.8, 4) is 0 Å². The third kappa shape index (κ3) is 20.3. The van der Waals surface area contributed by atoms with E-state index in [1.807, 2.05) is 32.1 Å². The summed E-state index contributed by atoms with van der Waals surface area (Å²) in [6, 6.07) is -5.02. The van der Waals surface area contributed by atoms with E-state index in [0.717, 1.165) is 17.4 Å². The lowest BCUT2D eigenvalue weighted by atomic mass is 9.93. The van der Waals surface area contributed by atoms with E-state index in [-0.39, 0.29) is 31.1 Å². The fraction of sp³-hybridized carbons (Fsp3) is 0.591. The van der Waals surface area contributed by atoms with Crippen LogP contribution in [0.5, 0.6) is 0 Å². The molecule has 2 rings (SSSR count). The standard InChI is InChI=1S/C44H66N4O11S/c1-11-60(55,56)24-23-33(27-36(50)59-44(8,9)10)45-39(51)34(25-29(2)3)46-41(53)38(32-21-17-12-13-18-22-32)47-40(52)37(30(4)26-35(49)58-43(5,6)7)48-42(54)57-28-31-19-15-14-16-20-31/h12-15,17-19,21-24,29-30,32-34,37-38H,11,16,20,25-28H2,1-10H3,(H,45,51)(H,46,53)(H,47,52)(H,48,54). The minimum Gasteiger partial charge on any atom is -0.460 e. The van der Waals surface area contributed by atoms with Crippen LogP contribution >= 0.6 is 0 Å². The molecule has 334 valence electrons. The van der Waals surface area contributed by atoms with Crippen molar-refractivity contribution < 1.29 is 51.4 Å². The second-order valence-corrected chi connectivity index (χ2v) is 19.5. The Kier molecular flexibility index (Phi) is 20.2. The van der Waals surface area contributed by atoms with E-state index >= 15 is 0 Å². The quantitative estimate of drug-likeness (QED) is 0.0923. The number of nitrogens with one attached hydrogen (secondary N) is 4. The Labute approximate surface area is 355 Å². The Bertz CT molecular complexity index is 1800. The number of ether oxygens (including phenoxy) is 3. The Morgan fingerprint density at radius 3 is 1.92 bits per heavy atom. The van der Waals surface area contributed by atoms with Gasteiger partial charge in [0.05, 0.1) is 24.6 Å². The van der Waals surface area contributed by atoms with Crippen LogP contribution < -0.4 is 21.3 Å². The minimum atomic E-state index is -3.64. The van der Waals surface area contributed by atoms with E-state index in [1.54, 1.807) is 84.9 Å². The van der Waals surface area contributed by atoms with Gasteiger partial charge in [-0.3, -0.25) is 24.0 Å². The molecule has 0 bridgehead atoms. The molecule has 0 aromatic carbocycles. The Morgan fingerprint density at radius 1 is 0.783 bits per heavy atom. The first-order chi connectivity index (χ1) is 27.9. The molecule has 0 aromatic heterocycles. The predicted octanol–water partition coefficient (Wildman–Crippen LogP) is 5.20. The number of amides is 4. The van der Waals surface area contributed by atoms with Crippen LogP contribution in [0.3, 0.4) is 0 Å². The van der Waals surface area contributed by atoms with E-state index in [2.05, 4.69) is 21.3 Å². The van der Waals surface area contributed by atoms with Gasteiger partial charge in [0.15, 0.2) is 9.84 Å². The summed E-state index contributed by atoms with van der Waals surface area (Å²) in [4.78, 5) is 81.5. The van der Waals surface area contributed by atoms with Crippen molar-refractivity contribution in [3.63, 3.8) is 0 Å². The molecule has 0 aromatic rings. The Morgan fingerprint density at radius 2 is 1.38 bits per heavy atom. The molecule has 0 fully saturated rings. The highest BCUT2D eigenvalue weighted by Crippen LogP contribution is 2.19. The summed E-state index contributed by atoms with van der Waals surface area (Å²) in [6.45, 7) is 16.8. The van der Waals surface area contributed by atoms with Gasteiger partial charge in [0.2, 0.25) is 17.7 Å². The van der Waals surface area contributed by atoms with E-state index in [0.29, 0.717) is 6.42 Å². The summed E-state index contributed by atoms with van der Waals surface area (Å²) in [7, 11) is -3.64. The molecule has 0 spiro atoms. The topological polar surface area (TPSA) is 212 Å². The summed E-state index contributed by atoms with van der Waals surface area (Å²) in [6.07, 6.45) is 17.2. The molecule has 2 aliphatic carbocycles. The van der Waals surface area contributed by atoms with Gasteiger partial charge in [-0.05, 0) is 78.2 Å². The number of sulfone groups is 1. The van der Waals surface area contributed by atoms with Gasteiger partial charge < -0.3 is 35.5 Å². The van der Waals surface area contributed by atoms with Crippen LogP contribution in [-0.4, -0.2) is 91.9 Å². The van der Waals surface area contributed by atoms with Gasteiger partial charge in [-0.25, -0.2) is 13.2 Å². The zero-order chi connectivity index (χ0) is 45.3. The normalized spacial score (nSPS) is 17.1. The van der Waals surface area contributed by atoms with Gasteiger partial charge in [0, 0.05) is 11.3 Å². The number of alkyl carbamates (subject to hydrolysis) is 1. The lowest BCUT2D eigenvalue weighted by Gasteiger charge is -2.30. The molecular formula is C44H66N4O11S. The molecule has 0 saturated carbocycles. The number of carbonyl (C=O) groups is 6. The summed E-state index contributed by atoms with van der Waals surface area (Å²) in [5.41, 5.74) is -0.774. The number of hydrogen-bond donors (Lipinski definition) is 4. The number of allylic oxidation sites excluding steroid dienone is 7. The van der Waals surface area contributed by atoms with Crippen molar-refractivity contribution in [1.29, 1.82) is 0 Å². The maximum atomic E-state index is 14.4. The van der Waals surface area contributed by atoms with E-state index < -0.39 is 99.2 Å². The number of carbonyl (C=O) groups excluding carboxylic acids is 6. The molecule has 0 heterocycles. The smallest absolute Gasteiger partial charge is 0.408 e. The zero-order valence-electron chi connectivity index (χ0n) is 36.7. The molecule has 60 heavy (non-hydrogen) atoms. The van der Waals surface area contributed by atoms with Crippen molar-refractivity contribution >= 4 is 45.6 Å². The number of rotatable bonds is 20. The van der Waals surface area contributed by atoms with Gasteiger partial charge >= 0.3 is 18.0 Å². The van der Waals surface area contributed by atoms with Crippen molar-refractivity contribution in [3.05, 3.63) is 71.7 Å². The lowest BCUT2D eigenvalue weighted by molar-refractivity contribution is -0.157. The van der Waals surface area contributed by atoms with Crippen molar-refractivity contribution in [2.75, 3.05) is 12.4 Å². The lowest BCUT2D eigenvalue weighted by Crippen LogP contribution is -2.60. The van der Waals surface area contributed by atoms with E-state index in [9.17, 15) is 37.2 Å². The van der Waals surface area contributed by atoms with E-state index in [1.165, 1.54) is 13.0 Å². The maximum Gasteiger partial charge on any atom is 0.408 e. The van der Waals surface area contributed by atoms with Crippen LogP contribution in [-0.2, 0) is 48.0 Å². The highest BCUT2D eigenvalue weighted by atomic mass is 32.2. The van der Waals surface area contributed by atoms with Gasteiger partial charge in [-0.2, -0.15) is 0 Å². The average molecular weight is 859 g/mol. The molecule has 16 heteroatoms. The number of hydrogen-bond acceptors (Lipinski definition) is 11. The fourth-order valence-corrected chi connectivity index (χ4v) is 6.62. The van der Waals surface area contributed by atoms with Crippen molar-refractivity contribution in [1.82, 2.24) is 21.3 Å². The van der Waals surface area contributed by atoms with Crippen LogP contribution in [0.4, 0.5) is 4.79 Å². The van der Waals surface area contributed by atoms with Crippen LogP contribution in [0, 0.1) is 17.8 Å². The first kappa shape index (κ1) is 51.2. The van der Waals surface area contributed by atoms with Crippen LogP contribution in [0.1, 0.15) is 101 Å². The third-order valence-corrected chi connectivity index (χ3v) is 10.3. The van der Waals surface area contributed by atoms with Gasteiger partial charge in [-0.15, -0.1) is 0 Å². The highest BCUT2D eigenvalue weighted by Gasteiger charge is 2.37. The van der Waals surface area contributed by atoms with E-state index in [4.69, 9.17) is 14.2 Å². The second kappa shape index (κ2) is 23.7. The first-order valence-corrected chi connectivity index (χ1v) is 22.1. The van der Waals surface area contributed by atoms with Gasteiger partial charge in [0.1, 0.15) is 35.9 Å². The van der Waals surface area contributed by atoms with Crippen molar-refractivity contribution in [2.24, 2.45) is 17.8 Å². The molecule has 5 unspecified atom stereocenters. The monoisotopic (exact) mass is 858 g/mol. The summed E-state index contributed by atoms with van der Waals surface area (Å²) < 4.78 is 41.0. The summed E-state index contributed by atoms with van der Waals surface area (Å²) in [5.74, 6) is -5.47.